The van der Waals surface area contributed by atoms with Gasteiger partial charge in [0.1, 0.15) is 4.21 Å². The zero-order chi connectivity index (χ0) is 18.2. The van der Waals surface area contributed by atoms with Crippen LogP contribution in [-0.4, -0.2) is 54.6 Å². The van der Waals surface area contributed by atoms with E-state index in [0.29, 0.717) is 10.8 Å². The third-order valence-corrected chi connectivity index (χ3v) is 8.39. The molecule has 0 unspecified atom stereocenters. The van der Waals surface area contributed by atoms with Crippen molar-refractivity contribution in [3.63, 3.8) is 0 Å². The van der Waals surface area contributed by atoms with E-state index in [9.17, 15) is 8.42 Å². The summed E-state index contributed by atoms with van der Waals surface area (Å²) >= 11 is 1.29. The number of thiophene rings is 1. The number of aromatic nitrogens is 2. The molecule has 25 heavy (non-hydrogen) atoms. The van der Waals surface area contributed by atoms with Crippen LogP contribution in [0.1, 0.15) is 30.1 Å². The van der Waals surface area contributed by atoms with E-state index in [-0.39, 0.29) is 12.0 Å². The molecule has 3 heterocycles. The minimum Gasteiger partial charge on any atom is -0.298 e. The largest absolute Gasteiger partial charge is 0.298 e. The number of likely N-dealkylation sites (tertiary alicyclic amines) is 1. The van der Waals surface area contributed by atoms with Crippen LogP contribution in [0.5, 0.6) is 0 Å². The maximum absolute atomic E-state index is 12.9. The van der Waals surface area contributed by atoms with Crippen molar-refractivity contribution in [1.29, 1.82) is 0 Å². The van der Waals surface area contributed by atoms with Gasteiger partial charge in [-0.15, -0.1) is 11.3 Å². The van der Waals surface area contributed by atoms with Crippen molar-refractivity contribution in [1.82, 2.24) is 19.0 Å². The lowest BCUT2D eigenvalue weighted by Crippen LogP contribution is -2.43. The zero-order valence-corrected chi connectivity index (χ0v) is 16.8. The van der Waals surface area contributed by atoms with Crippen molar-refractivity contribution in [2.75, 3.05) is 27.2 Å². The highest BCUT2D eigenvalue weighted by atomic mass is 32.2. The summed E-state index contributed by atoms with van der Waals surface area (Å²) in [6.07, 6.45) is 3.91. The lowest BCUT2D eigenvalue weighted by molar-refractivity contribution is 0.103. The van der Waals surface area contributed by atoms with Crippen molar-refractivity contribution in [2.45, 2.75) is 30.0 Å². The number of rotatable bonds is 5. The van der Waals surface area contributed by atoms with Gasteiger partial charge in [-0.25, -0.2) is 8.42 Å². The number of hydrogen-bond acceptors (Lipinski definition) is 5. The zero-order valence-electron chi connectivity index (χ0n) is 15.2. The molecule has 2 atom stereocenters. The van der Waals surface area contributed by atoms with Gasteiger partial charge in [0.2, 0.25) is 0 Å². The van der Waals surface area contributed by atoms with Crippen molar-refractivity contribution in [3.05, 3.63) is 35.0 Å². The third kappa shape index (κ3) is 3.67. The molecule has 0 bridgehead atoms. The van der Waals surface area contributed by atoms with Crippen LogP contribution in [0.3, 0.4) is 0 Å². The first kappa shape index (κ1) is 18.6. The fourth-order valence-corrected chi connectivity index (χ4v) is 6.38. The second kappa shape index (κ2) is 7.19. The van der Waals surface area contributed by atoms with Crippen LogP contribution in [-0.2, 0) is 17.1 Å². The average Bonchev–Trinajstić information content (AvgIpc) is 3.16. The molecule has 0 saturated carbocycles. The minimum absolute atomic E-state index is 0.184. The molecule has 0 amide bonds. The van der Waals surface area contributed by atoms with Crippen molar-refractivity contribution in [2.24, 2.45) is 13.0 Å². The Morgan fingerprint density at radius 2 is 2.16 bits per heavy atom. The van der Waals surface area contributed by atoms with E-state index in [2.05, 4.69) is 17.0 Å². The molecule has 1 aliphatic heterocycles. The fraction of sp³-hybridized carbons (Fsp3) is 0.588. The van der Waals surface area contributed by atoms with Gasteiger partial charge in [0, 0.05) is 26.8 Å². The quantitative estimate of drug-likeness (QED) is 0.797. The molecule has 2 aromatic heterocycles. The second-order valence-electron chi connectivity index (χ2n) is 6.94. The Kier molecular flexibility index (Phi) is 5.34. The van der Waals surface area contributed by atoms with E-state index in [4.69, 9.17) is 0 Å². The predicted molar refractivity (Wildman–Crippen MR) is 100 cm³/mol. The van der Waals surface area contributed by atoms with Crippen LogP contribution in [0.25, 0.3) is 0 Å². The molecule has 6 nitrogen and oxygen atoms in total. The van der Waals surface area contributed by atoms with Crippen LogP contribution in [0, 0.1) is 12.8 Å². The summed E-state index contributed by atoms with van der Waals surface area (Å²) in [6.45, 7) is 3.45. The molecule has 3 rings (SSSR count). The Morgan fingerprint density at radius 1 is 1.40 bits per heavy atom. The van der Waals surface area contributed by atoms with Crippen LogP contribution >= 0.6 is 11.3 Å². The van der Waals surface area contributed by atoms with Gasteiger partial charge in [-0.3, -0.25) is 9.58 Å². The summed E-state index contributed by atoms with van der Waals surface area (Å²) in [7, 11) is 2.33. The molecule has 2 aromatic rings. The molecule has 138 valence electrons. The molecule has 8 heteroatoms. The molecule has 0 aromatic carbocycles. The highest BCUT2D eigenvalue weighted by Gasteiger charge is 2.35. The van der Waals surface area contributed by atoms with Gasteiger partial charge >= 0.3 is 0 Å². The Morgan fingerprint density at radius 3 is 2.76 bits per heavy atom. The van der Waals surface area contributed by atoms with Crippen molar-refractivity contribution < 1.29 is 8.42 Å². The second-order valence-corrected chi connectivity index (χ2v) is 10.1. The summed E-state index contributed by atoms with van der Waals surface area (Å²) in [5, 5.41) is 6.18. The monoisotopic (exact) mass is 382 g/mol. The summed E-state index contributed by atoms with van der Waals surface area (Å²) in [5.74, 6) is 0.245. The van der Waals surface area contributed by atoms with E-state index in [1.165, 1.54) is 15.6 Å². The van der Waals surface area contributed by atoms with Crippen LogP contribution < -0.4 is 0 Å². The molecular formula is C17H26N4O2S2. The van der Waals surface area contributed by atoms with Gasteiger partial charge in [0.25, 0.3) is 10.0 Å². The summed E-state index contributed by atoms with van der Waals surface area (Å²) in [4.78, 5) is 2.32. The van der Waals surface area contributed by atoms with E-state index < -0.39 is 10.0 Å². The molecular weight excluding hydrogens is 356 g/mol. The maximum atomic E-state index is 12.9. The highest BCUT2D eigenvalue weighted by molar-refractivity contribution is 7.91. The molecule has 0 aliphatic carbocycles. The smallest absolute Gasteiger partial charge is 0.252 e. The van der Waals surface area contributed by atoms with Crippen molar-refractivity contribution >= 4 is 21.4 Å². The van der Waals surface area contributed by atoms with Gasteiger partial charge in [-0.1, -0.05) is 0 Å². The molecule has 0 N–H and O–H groups in total. The summed E-state index contributed by atoms with van der Waals surface area (Å²) in [6, 6.07) is 3.97. The normalized spacial score (nSPS) is 22.6. The first-order chi connectivity index (χ1) is 11.8. The maximum Gasteiger partial charge on any atom is 0.252 e. The van der Waals surface area contributed by atoms with E-state index in [1.807, 2.05) is 36.3 Å². The first-order valence-corrected chi connectivity index (χ1v) is 10.8. The highest BCUT2D eigenvalue weighted by Crippen LogP contribution is 2.36. The Labute approximate surface area is 154 Å². The Hall–Kier alpha value is -1.22. The topological polar surface area (TPSA) is 58.4 Å². The van der Waals surface area contributed by atoms with E-state index >= 15 is 0 Å². The van der Waals surface area contributed by atoms with E-state index in [0.717, 1.165) is 30.6 Å². The first-order valence-electron chi connectivity index (χ1n) is 8.50. The predicted octanol–water partition coefficient (Wildman–Crippen LogP) is 2.49. The van der Waals surface area contributed by atoms with Crippen molar-refractivity contribution in [3.8, 4) is 0 Å². The summed E-state index contributed by atoms with van der Waals surface area (Å²) < 4.78 is 29.6. The fourth-order valence-electron chi connectivity index (χ4n) is 3.71. The van der Waals surface area contributed by atoms with Gasteiger partial charge in [0.05, 0.1) is 11.7 Å². The third-order valence-electron chi connectivity index (χ3n) is 5.03. The average molecular weight is 383 g/mol. The number of sulfonamides is 1. The van der Waals surface area contributed by atoms with Gasteiger partial charge < -0.3 is 0 Å². The molecule has 1 fully saturated rings. The lowest BCUT2D eigenvalue weighted by atomic mass is 9.87. The van der Waals surface area contributed by atoms with Crippen LogP contribution in [0.4, 0.5) is 0 Å². The number of hydrogen-bond donors (Lipinski definition) is 0. The van der Waals surface area contributed by atoms with Gasteiger partial charge in [-0.2, -0.15) is 9.40 Å². The standard InChI is InChI=1S/C17H26N4O2S2/c1-13-10-16(24-12-13)25(22,23)20(3)11-14-6-5-9-19(2)17(14)15-7-8-18-21(15)4/h7-8,10,12,14,17H,5-6,9,11H2,1-4H3/t14-,17+/m0/s1. The molecule has 0 spiro atoms. The molecule has 0 radical (unpaired) electrons. The van der Waals surface area contributed by atoms with Crippen LogP contribution in [0.15, 0.2) is 27.9 Å². The minimum atomic E-state index is -3.43. The van der Waals surface area contributed by atoms with Crippen LogP contribution in [0.2, 0.25) is 0 Å². The Bertz CT molecular complexity index is 827. The Balaban J connectivity index is 1.83. The SMILES string of the molecule is Cc1csc(S(=O)(=O)N(C)C[C@@H]2CCCN(C)[C@H]2c2ccnn2C)c1. The van der Waals surface area contributed by atoms with E-state index in [1.54, 1.807) is 13.1 Å². The van der Waals surface area contributed by atoms with Gasteiger partial charge in [-0.05, 0) is 62.4 Å². The molecule has 1 aliphatic rings. The molecule has 1 saturated heterocycles. The van der Waals surface area contributed by atoms with Gasteiger partial charge in [0.15, 0.2) is 0 Å². The number of piperidine rings is 1. The lowest BCUT2D eigenvalue weighted by Gasteiger charge is -2.40. The number of nitrogens with zero attached hydrogens (tertiary/aromatic N) is 4. The summed E-state index contributed by atoms with van der Waals surface area (Å²) in [5.41, 5.74) is 2.13. The number of aryl methyl sites for hydroxylation is 2.